The van der Waals surface area contributed by atoms with Crippen LogP contribution >= 0.6 is 0 Å². The highest BCUT2D eigenvalue weighted by atomic mass is 16.5. The number of hydrogen-bond donors (Lipinski definition) is 0. The number of hydrogen-bond acceptors (Lipinski definition) is 7. The molecule has 2 heterocycles. The molecule has 1 aliphatic heterocycles. The molecule has 0 N–H and O–H groups in total. The van der Waals surface area contributed by atoms with Gasteiger partial charge in [0.25, 0.3) is 5.91 Å². The van der Waals surface area contributed by atoms with Crippen molar-refractivity contribution >= 4 is 11.9 Å². The standard InChI is InChI=1S/C19H23N3O5/c1-11(2)16-20-17(27-21-16)15-6-5-7-22(15)18(23)12-8-13(19(24)26-4)10-14(9-12)25-3/h8-11,15H,5-7H2,1-4H3/t15-/m1/s1. The normalized spacial score (nSPS) is 16.6. The van der Waals surface area contributed by atoms with Gasteiger partial charge in [0, 0.05) is 18.0 Å². The molecule has 144 valence electrons. The van der Waals surface area contributed by atoms with Gasteiger partial charge in [0.15, 0.2) is 5.82 Å². The Morgan fingerprint density at radius 1 is 1.22 bits per heavy atom. The van der Waals surface area contributed by atoms with Crippen molar-refractivity contribution in [1.29, 1.82) is 0 Å². The molecular weight excluding hydrogens is 350 g/mol. The van der Waals surface area contributed by atoms with Gasteiger partial charge in [0.1, 0.15) is 11.8 Å². The van der Waals surface area contributed by atoms with Crippen LogP contribution in [0.4, 0.5) is 0 Å². The van der Waals surface area contributed by atoms with Crippen LogP contribution in [0.1, 0.15) is 71.1 Å². The van der Waals surface area contributed by atoms with Gasteiger partial charge >= 0.3 is 5.97 Å². The van der Waals surface area contributed by atoms with Gasteiger partial charge in [0.05, 0.1) is 19.8 Å². The Kier molecular flexibility index (Phi) is 5.43. The third-order valence-electron chi connectivity index (χ3n) is 4.58. The minimum Gasteiger partial charge on any atom is -0.497 e. The van der Waals surface area contributed by atoms with Gasteiger partial charge in [-0.1, -0.05) is 19.0 Å². The molecular formula is C19H23N3O5. The van der Waals surface area contributed by atoms with Crippen LogP contribution in [0.2, 0.25) is 0 Å². The zero-order valence-electron chi connectivity index (χ0n) is 15.9. The fraction of sp³-hybridized carbons (Fsp3) is 0.474. The number of ether oxygens (including phenoxy) is 2. The van der Waals surface area contributed by atoms with Crippen LogP contribution in [0.15, 0.2) is 22.7 Å². The molecule has 0 radical (unpaired) electrons. The SMILES string of the molecule is COC(=O)c1cc(OC)cc(C(=O)N2CCC[C@@H]2c2nc(C(C)C)no2)c1. The van der Waals surface area contributed by atoms with E-state index in [1.54, 1.807) is 11.0 Å². The molecule has 8 heteroatoms. The Bertz CT molecular complexity index is 846. The summed E-state index contributed by atoms with van der Waals surface area (Å²) < 4.78 is 15.4. The predicted molar refractivity (Wildman–Crippen MR) is 95.7 cm³/mol. The Morgan fingerprint density at radius 2 is 1.96 bits per heavy atom. The van der Waals surface area contributed by atoms with E-state index in [0.717, 1.165) is 12.8 Å². The largest absolute Gasteiger partial charge is 0.497 e. The zero-order chi connectivity index (χ0) is 19.6. The molecule has 1 amide bonds. The van der Waals surface area contributed by atoms with Crippen molar-refractivity contribution in [3.63, 3.8) is 0 Å². The first-order chi connectivity index (χ1) is 12.9. The maximum absolute atomic E-state index is 13.1. The summed E-state index contributed by atoms with van der Waals surface area (Å²) in [5.74, 6) is 0.885. The third-order valence-corrected chi connectivity index (χ3v) is 4.58. The summed E-state index contributed by atoms with van der Waals surface area (Å²) >= 11 is 0. The van der Waals surface area contributed by atoms with Gasteiger partial charge in [-0.3, -0.25) is 4.79 Å². The number of rotatable bonds is 5. The molecule has 1 atom stereocenters. The molecule has 1 aromatic carbocycles. The zero-order valence-corrected chi connectivity index (χ0v) is 15.9. The number of methoxy groups -OCH3 is 2. The highest BCUT2D eigenvalue weighted by molar-refractivity contribution is 5.98. The van der Waals surface area contributed by atoms with Crippen molar-refractivity contribution in [2.75, 3.05) is 20.8 Å². The minimum absolute atomic E-state index is 0.147. The molecule has 27 heavy (non-hydrogen) atoms. The molecule has 0 saturated carbocycles. The Balaban J connectivity index is 1.90. The summed E-state index contributed by atoms with van der Waals surface area (Å²) in [4.78, 5) is 31.2. The first-order valence-corrected chi connectivity index (χ1v) is 8.86. The van der Waals surface area contributed by atoms with Gasteiger partial charge in [0.2, 0.25) is 5.89 Å². The van der Waals surface area contributed by atoms with Crippen molar-refractivity contribution in [2.45, 2.75) is 38.6 Å². The summed E-state index contributed by atoms with van der Waals surface area (Å²) in [7, 11) is 2.77. The van der Waals surface area contributed by atoms with E-state index in [4.69, 9.17) is 14.0 Å². The third kappa shape index (κ3) is 3.79. The monoisotopic (exact) mass is 373 g/mol. The fourth-order valence-corrected chi connectivity index (χ4v) is 3.13. The molecule has 1 aromatic heterocycles. The second-order valence-corrected chi connectivity index (χ2v) is 6.74. The quantitative estimate of drug-likeness (QED) is 0.744. The van der Waals surface area contributed by atoms with Crippen molar-refractivity contribution in [1.82, 2.24) is 15.0 Å². The molecule has 2 aromatic rings. The first-order valence-electron chi connectivity index (χ1n) is 8.86. The lowest BCUT2D eigenvalue weighted by Crippen LogP contribution is -2.31. The second kappa shape index (κ2) is 7.77. The molecule has 1 fully saturated rings. The van der Waals surface area contributed by atoms with Gasteiger partial charge in [-0.25, -0.2) is 4.79 Å². The van der Waals surface area contributed by atoms with Gasteiger partial charge in [-0.15, -0.1) is 0 Å². The van der Waals surface area contributed by atoms with Crippen LogP contribution in [-0.2, 0) is 4.74 Å². The highest BCUT2D eigenvalue weighted by Gasteiger charge is 2.35. The Morgan fingerprint density at radius 3 is 2.59 bits per heavy atom. The van der Waals surface area contributed by atoms with Crippen LogP contribution in [0.5, 0.6) is 5.75 Å². The van der Waals surface area contributed by atoms with E-state index in [1.165, 1.54) is 26.4 Å². The molecule has 3 rings (SSSR count). The number of esters is 1. The maximum atomic E-state index is 13.1. The summed E-state index contributed by atoms with van der Waals surface area (Å²) in [6.07, 6.45) is 1.59. The molecule has 0 bridgehead atoms. The molecule has 0 aliphatic carbocycles. The summed E-state index contributed by atoms with van der Waals surface area (Å²) in [6.45, 7) is 4.54. The molecule has 8 nitrogen and oxygen atoms in total. The number of carbonyl (C=O) groups excluding carboxylic acids is 2. The summed E-state index contributed by atoms with van der Waals surface area (Å²) in [5.41, 5.74) is 0.612. The van der Waals surface area contributed by atoms with Gasteiger partial charge in [-0.05, 0) is 31.0 Å². The van der Waals surface area contributed by atoms with E-state index in [-0.39, 0.29) is 23.4 Å². The lowest BCUT2D eigenvalue weighted by molar-refractivity contribution is 0.0600. The summed E-state index contributed by atoms with van der Waals surface area (Å²) in [5, 5.41) is 4.00. The Hall–Kier alpha value is -2.90. The molecule has 1 saturated heterocycles. The van der Waals surface area contributed by atoms with Crippen molar-refractivity contribution in [3.8, 4) is 5.75 Å². The van der Waals surface area contributed by atoms with Crippen LogP contribution in [0, 0.1) is 0 Å². The molecule has 0 unspecified atom stereocenters. The van der Waals surface area contributed by atoms with Crippen molar-refractivity contribution in [2.24, 2.45) is 0 Å². The highest BCUT2D eigenvalue weighted by Crippen LogP contribution is 2.33. The van der Waals surface area contributed by atoms with E-state index in [2.05, 4.69) is 10.1 Å². The predicted octanol–water partition coefficient (Wildman–Crippen LogP) is 2.97. The van der Waals surface area contributed by atoms with E-state index >= 15 is 0 Å². The average molecular weight is 373 g/mol. The Labute approximate surface area is 157 Å². The van der Waals surface area contributed by atoms with E-state index in [0.29, 0.717) is 29.6 Å². The van der Waals surface area contributed by atoms with E-state index < -0.39 is 5.97 Å². The van der Waals surface area contributed by atoms with Crippen LogP contribution < -0.4 is 4.74 Å². The number of benzene rings is 1. The number of likely N-dealkylation sites (tertiary alicyclic amines) is 1. The van der Waals surface area contributed by atoms with Crippen LogP contribution in [-0.4, -0.2) is 47.7 Å². The van der Waals surface area contributed by atoms with E-state index in [9.17, 15) is 9.59 Å². The van der Waals surface area contributed by atoms with Gasteiger partial charge < -0.3 is 18.9 Å². The van der Waals surface area contributed by atoms with E-state index in [1.807, 2.05) is 13.8 Å². The molecule has 0 spiro atoms. The number of aromatic nitrogens is 2. The van der Waals surface area contributed by atoms with Gasteiger partial charge in [-0.2, -0.15) is 4.98 Å². The lowest BCUT2D eigenvalue weighted by Gasteiger charge is -2.22. The van der Waals surface area contributed by atoms with Crippen LogP contribution in [0.25, 0.3) is 0 Å². The topological polar surface area (TPSA) is 94.8 Å². The number of carbonyl (C=O) groups is 2. The van der Waals surface area contributed by atoms with Crippen LogP contribution in [0.3, 0.4) is 0 Å². The van der Waals surface area contributed by atoms with Crippen molar-refractivity contribution in [3.05, 3.63) is 41.0 Å². The maximum Gasteiger partial charge on any atom is 0.338 e. The molecule has 1 aliphatic rings. The minimum atomic E-state index is -0.528. The number of amides is 1. The van der Waals surface area contributed by atoms with Crippen molar-refractivity contribution < 1.29 is 23.6 Å². The first kappa shape index (κ1) is 18.9. The fourth-order valence-electron chi connectivity index (χ4n) is 3.13. The second-order valence-electron chi connectivity index (χ2n) is 6.74. The lowest BCUT2D eigenvalue weighted by atomic mass is 10.1. The summed E-state index contributed by atoms with van der Waals surface area (Å²) in [6, 6.07) is 4.39. The average Bonchev–Trinajstić information content (AvgIpc) is 3.35. The number of nitrogens with zero attached hydrogens (tertiary/aromatic N) is 3. The smallest absolute Gasteiger partial charge is 0.338 e.